The maximum absolute atomic E-state index is 4.43. The maximum Gasteiger partial charge on any atom is 0.0702 e. The summed E-state index contributed by atoms with van der Waals surface area (Å²) in [5.41, 5.74) is 6.22. The molecule has 0 unspecified atom stereocenters. The van der Waals surface area contributed by atoms with Crippen molar-refractivity contribution in [2.24, 2.45) is 0 Å². The Hall–Kier alpha value is -2.67. The predicted molar refractivity (Wildman–Crippen MR) is 103 cm³/mol. The molecule has 0 aliphatic rings. The Labute approximate surface area is 144 Å². The molecule has 1 aromatic heterocycles. The Bertz CT molecular complexity index is 773. The Balaban J connectivity index is 1.52. The molecule has 1 heterocycles. The van der Waals surface area contributed by atoms with Crippen molar-refractivity contribution in [2.45, 2.75) is 25.7 Å². The van der Waals surface area contributed by atoms with Gasteiger partial charge in [-0.3, -0.25) is 4.98 Å². The largest absolute Gasteiger partial charge is 0.256 e. The molecule has 0 radical (unpaired) electrons. The third-order valence-electron chi connectivity index (χ3n) is 4.28. The van der Waals surface area contributed by atoms with E-state index in [4.69, 9.17) is 0 Å². The summed E-state index contributed by atoms with van der Waals surface area (Å²) < 4.78 is 0. The third-order valence-corrected chi connectivity index (χ3v) is 4.28. The molecule has 0 atom stereocenters. The van der Waals surface area contributed by atoms with Gasteiger partial charge in [0.1, 0.15) is 0 Å². The van der Waals surface area contributed by atoms with Crippen molar-refractivity contribution in [1.29, 1.82) is 0 Å². The van der Waals surface area contributed by atoms with Crippen LogP contribution in [0.5, 0.6) is 0 Å². The van der Waals surface area contributed by atoms with Gasteiger partial charge < -0.3 is 0 Å². The number of hydrogen-bond acceptors (Lipinski definition) is 1. The van der Waals surface area contributed by atoms with E-state index in [-0.39, 0.29) is 0 Å². The average Bonchev–Trinajstić information content (AvgIpc) is 2.67. The van der Waals surface area contributed by atoms with Crippen LogP contribution in [0.1, 0.15) is 29.5 Å². The minimum atomic E-state index is 1.04. The van der Waals surface area contributed by atoms with Gasteiger partial charge >= 0.3 is 0 Å². The molecule has 0 aliphatic carbocycles. The standard InChI is InChI=1S/C23H23N/c1-2-19-13-15-20(16-14-19)8-3-4-9-21-10-7-11-22(18-21)23-12-5-6-17-24-23/h2,5-7,10-18H,1,3-4,8-9H2. The summed E-state index contributed by atoms with van der Waals surface area (Å²) in [6.45, 7) is 3.79. The molecule has 0 amide bonds. The van der Waals surface area contributed by atoms with E-state index in [0.29, 0.717) is 0 Å². The summed E-state index contributed by atoms with van der Waals surface area (Å²) >= 11 is 0. The van der Waals surface area contributed by atoms with E-state index >= 15 is 0 Å². The number of benzene rings is 2. The van der Waals surface area contributed by atoms with Gasteiger partial charge in [-0.25, -0.2) is 0 Å². The van der Waals surface area contributed by atoms with Crippen molar-refractivity contribution < 1.29 is 0 Å². The molecule has 0 spiro atoms. The minimum Gasteiger partial charge on any atom is -0.256 e. The molecule has 0 fully saturated rings. The topological polar surface area (TPSA) is 12.9 Å². The summed E-state index contributed by atoms with van der Waals surface area (Å²) in [4.78, 5) is 4.43. The quantitative estimate of drug-likeness (QED) is 0.491. The highest BCUT2D eigenvalue weighted by Gasteiger charge is 2.01. The molecule has 0 saturated carbocycles. The summed E-state index contributed by atoms with van der Waals surface area (Å²) in [5.74, 6) is 0. The lowest BCUT2D eigenvalue weighted by Crippen LogP contribution is -1.91. The van der Waals surface area contributed by atoms with Gasteiger partial charge in [0.25, 0.3) is 0 Å². The van der Waals surface area contributed by atoms with Crippen molar-refractivity contribution in [3.63, 3.8) is 0 Å². The minimum absolute atomic E-state index is 1.04. The smallest absolute Gasteiger partial charge is 0.0702 e. The van der Waals surface area contributed by atoms with E-state index in [2.05, 4.69) is 66.2 Å². The van der Waals surface area contributed by atoms with E-state index in [1.807, 2.05) is 24.4 Å². The molecule has 2 aromatic carbocycles. The number of hydrogen-bond donors (Lipinski definition) is 0. The van der Waals surface area contributed by atoms with E-state index in [1.54, 1.807) is 0 Å². The molecule has 24 heavy (non-hydrogen) atoms. The SMILES string of the molecule is C=Cc1ccc(CCCCc2cccc(-c3ccccn3)c2)cc1. The molecule has 120 valence electrons. The first-order chi connectivity index (χ1) is 11.8. The lowest BCUT2D eigenvalue weighted by molar-refractivity contribution is 0.734. The van der Waals surface area contributed by atoms with Gasteiger partial charge in [-0.15, -0.1) is 0 Å². The summed E-state index contributed by atoms with van der Waals surface area (Å²) in [5, 5.41) is 0. The molecule has 0 saturated heterocycles. The lowest BCUT2D eigenvalue weighted by Gasteiger charge is -2.06. The van der Waals surface area contributed by atoms with Gasteiger partial charge in [0.05, 0.1) is 5.69 Å². The Morgan fingerprint density at radius 3 is 2.29 bits per heavy atom. The van der Waals surface area contributed by atoms with Gasteiger partial charge in [0.15, 0.2) is 0 Å². The van der Waals surface area contributed by atoms with Crippen LogP contribution in [0, 0.1) is 0 Å². The highest BCUT2D eigenvalue weighted by Crippen LogP contribution is 2.19. The van der Waals surface area contributed by atoms with E-state index in [9.17, 15) is 0 Å². The van der Waals surface area contributed by atoms with E-state index < -0.39 is 0 Å². The molecule has 0 bridgehead atoms. The predicted octanol–water partition coefficient (Wildman–Crippen LogP) is 5.96. The van der Waals surface area contributed by atoms with Crippen LogP contribution in [0.4, 0.5) is 0 Å². The molecular weight excluding hydrogens is 290 g/mol. The van der Waals surface area contributed by atoms with Gasteiger partial charge in [0.2, 0.25) is 0 Å². The second kappa shape index (κ2) is 8.26. The second-order valence-electron chi connectivity index (χ2n) is 6.07. The molecule has 0 aliphatic heterocycles. The Morgan fingerprint density at radius 1 is 0.792 bits per heavy atom. The highest BCUT2D eigenvalue weighted by atomic mass is 14.7. The van der Waals surface area contributed by atoms with Crippen LogP contribution >= 0.6 is 0 Å². The van der Waals surface area contributed by atoms with Crippen molar-refractivity contribution >= 4 is 6.08 Å². The maximum atomic E-state index is 4.43. The highest BCUT2D eigenvalue weighted by molar-refractivity contribution is 5.59. The zero-order valence-electron chi connectivity index (χ0n) is 14.0. The second-order valence-corrected chi connectivity index (χ2v) is 6.07. The van der Waals surface area contributed by atoms with Crippen molar-refractivity contribution in [2.75, 3.05) is 0 Å². The first-order valence-corrected chi connectivity index (χ1v) is 8.57. The van der Waals surface area contributed by atoms with Crippen molar-refractivity contribution in [3.8, 4) is 11.3 Å². The number of unbranched alkanes of at least 4 members (excludes halogenated alkanes) is 1. The number of nitrogens with zero attached hydrogens (tertiary/aromatic N) is 1. The van der Waals surface area contributed by atoms with E-state index in [1.165, 1.54) is 35.1 Å². The fourth-order valence-corrected chi connectivity index (χ4v) is 2.90. The Kier molecular flexibility index (Phi) is 5.57. The molecule has 3 rings (SSSR count). The molecule has 0 N–H and O–H groups in total. The monoisotopic (exact) mass is 313 g/mol. The zero-order valence-corrected chi connectivity index (χ0v) is 14.0. The zero-order chi connectivity index (χ0) is 16.6. The molecular formula is C23H23N. The number of aryl methyl sites for hydroxylation is 2. The summed E-state index contributed by atoms with van der Waals surface area (Å²) in [7, 11) is 0. The fraction of sp³-hybridized carbons (Fsp3) is 0.174. The van der Waals surface area contributed by atoms with Gasteiger partial charge in [-0.05, 0) is 60.6 Å². The molecule has 1 heteroatoms. The van der Waals surface area contributed by atoms with Crippen LogP contribution in [0.25, 0.3) is 17.3 Å². The van der Waals surface area contributed by atoms with Crippen LogP contribution in [-0.2, 0) is 12.8 Å². The van der Waals surface area contributed by atoms with Crippen LogP contribution < -0.4 is 0 Å². The van der Waals surface area contributed by atoms with Gasteiger partial charge in [-0.1, -0.05) is 61.2 Å². The van der Waals surface area contributed by atoms with Gasteiger partial charge in [0, 0.05) is 11.8 Å². The van der Waals surface area contributed by atoms with E-state index in [0.717, 1.165) is 18.5 Å². The third kappa shape index (κ3) is 4.42. The average molecular weight is 313 g/mol. The lowest BCUT2D eigenvalue weighted by atomic mass is 10.0. The van der Waals surface area contributed by atoms with Gasteiger partial charge in [-0.2, -0.15) is 0 Å². The Morgan fingerprint density at radius 2 is 1.58 bits per heavy atom. The van der Waals surface area contributed by atoms with Crippen LogP contribution in [0.2, 0.25) is 0 Å². The number of rotatable bonds is 7. The first-order valence-electron chi connectivity index (χ1n) is 8.57. The van der Waals surface area contributed by atoms with Crippen molar-refractivity contribution in [1.82, 2.24) is 4.98 Å². The first kappa shape index (κ1) is 16.2. The van der Waals surface area contributed by atoms with Crippen LogP contribution in [-0.4, -0.2) is 4.98 Å². The van der Waals surface area contributed by atoms with Crippen LogP contribution in [0.15, 0.2) is 79.5 Å². The molecule has 3 aromatic rings. The molecule has 1 nitrogen and oxygen atoms in total. The summed E-state index contributed by atoms with van der Waals surface area (Å²) in [6.07, 6.45) is 8.40. The van der Waals surface area contributed by atoms with Crippen molar-refractivity contribution in [3.05, 3.63) is 96.2 Å². The number of aromatic nitrogens is 1. The number of pyridine rings is 1. The normalized spacial score (nSPS) is 10.5. The summed E-state index contributed by atoms with van der Waals surface area (Å²) in [6, 6.07) is 23.5. The van der Waals surface area contributed by atoms with Crippen LogP contribution in [0.3, 0.4) is 0 Å². The fourth-order valence-electron chi connectivity index (χ4n) is 2.90.